The Kier molecular flexibility index (Phi) is 14.8. The van der Waals surface area contributed by atoms with Crippen LogP contribution in [-0.4, -0.2) is 76.0 Å². The van der Waals surface area contributed by atoms with Gasteiger partial charge in [0.05, 0.1) is 18.1 Å². The Morgan fingerprint density at radius 2 is 1.82 bits per heavy atom. The fourth-order valence-electron chi connectivity index (χ4n) is 6.43. The molecule has 252 valence electrons. The lowest BCUT2D eigenvalue weighted by molar-refractivity contribution is -0.148. The normalized spacial score (nSPS) is 25.7. The molecule has 2 fully saturated rings. The number of aryl methyl sites for hydroxylation is 1. The minimum Gasteiger partial charge on any atom is -0.504 e. The Morgan fingerprint density at radius 3 is 2.62 bits per heavy atom. The van der Waals surface area contributed by atoms with Crippen LogP contribution in [0.3, 0.4) is 0 Å². The number of aliphatic hydroxyl groups excluding tert-OH is 1. The molecule has 0 spiro atoms. The number of hydrogen-bond donors (Lipinski definition) is 4. The number of aromatic hydroxyl groups is 1. The van der Waals surface area contributed by atoms with E-state index in [0.717, 1.165) is 69.1 Å². The summed E-state index contributed by atoms with van der Waals surface area (Å²) in [5.74, 6) is 2.50. The van der Waals surface area contributed by atoms with E-state index in [9.17, 15) is 19.8 Å². The Balaban J connectivity index is 1.49. The molecule has 1 aliphatic carbocycles. The van der Waals surface area contributed by atoms with Gasteiger partial charge in [-0.25, -0.2) is 4.99 Å². The number of nitrogens with two attached hydrogens (primary N) is 1. The van der Waals surface area contributed by atoms with Crippen molar-refractivity contribution in [1.29, 1.82) is 0 Å². The van der Waals surface area contributed by atoms with Crippen LogP contribution in [0.15, 0.2) is 17.1 Å². The summed E-state index contributed by atoms with van der Waals surface area (Å²) in [6.45, 7) is 2.96. The number of rotatable bonds is 3. The number of phenolic OH excluding ortho intramolecular Hbond substituents is 1. The molecule has 0 unspecified atom stereocenters. The lowest BCUT2D eigenvalue weighted by atomic mass is 9.98. The number of amides is 1. The zero-order valence-electron chi connectivity index (χ0n) is 26.7. The van der Waals surface area contributed by atoms with Crippen molar-refractivity contribution in [3.63, 3.8) is 0 Å². The van der Waals surface area contributed by atoms with Crippen LogP contribution in [0.1, 0.15) is 102 Å². The van der Waals surface area contributed by atoms with Gasteiger partial charge in [-0.3, -0.25) is 9.59 Å². The quantitative estimate of drug-likeness (QED) is 0.249. The molecule has 3 aliphatic rings. The predicted molar refractivity (Wildman–Crippen MR) is 181 cm³/mol. The van der Waals surface area contributed by atoms with Gasteiger partial charge in [-0.2, -0.15) is 0 Å². The molecular formula is C33H52N4O6S2. The fourth-order valence-corrected chi connectivity index (χ4v) is 8.23. The van der Waals surface area contributed by atoms with Crippen molar-refractivity contribution in [3.05, 3.63) is 23.3 Å². The van der Waals surface area contributed by atoms with Crippen LogP contribution in [0, 0.1) is 5.92 Å². The van der Waals surface area contributed by atoms with E-state index in [0.29, 0.717) is 74.9 Å². The maximum atomic E-state index is 13.0. The second-order valence-corrected chi connectivity index (χ2v) is 15.2. The van der Waals surface area contributed by atoms with Crippen molar-refractivity contribution in [2.75, 3.05) is 24.7 Å². The maximum absolute atomic E-state index is 13.0. The van der Waals surface area contributed by atoms with Crippen molar-refractivity contribution >= 4 is 39.4 Å². The number of nitrogens with zero attached hydrogens (tertiary/aromatic N) is 2. The van der Waals surface area contributed by atoms with Crippen LogP contribution in [0.25, 0.3) is 0 Å². The van der Waals surface area contributed by atoms with Gasteiger partial charge < -0.3 is 35.6 Å². The van der Waals surface area contributed by atoms with Gasteiger partial charge in [-0.15, -0.1) is 0 Å². The van der Waals surface area contributed by atoms with Gasteiger partial charge in [0.2, 0.25) is 5.91 Å². The van der Waals surface area contributed by atoms with Gasteiger partial charge in [-0.1, -0.05) is 46.9 Å². The molecule has 0 radical (unpaired) electrons. The first-order chi connectivity index (χ1) is 21.8. The molecule has 4 bridgehead atoms. The average Bonchev–Trinajstić information content (AvgIpc) is 3.63. The standard InChI is InChI=1S/C33H52N4O6S2/c1-23(38)42-29-12-11-24-16-26(32(41)30(17-24)43-28-9-5-6-10-28)21-37-20-25(18-31(37)40)13-14-35-33(34)36-22-45-44-15-7-3-2-4-8-27(39)19-29/h16-17,25,27-29,39,41H,2-15,18-22H2,1H3,(H3,34,35,36)/t25-,27-,29+/m0/s1. The van der Waals surface area contributed by atoms with E-state index in [-0.39, 0.29) is 29.6 Å². The molecule has 4 rings (SSSR count). The fraction of sp³-hybridized carbons (Fsp3) is 0.727. The molecule has 0 aromatic heterocycles. The van der Waals surface area contributed by atoms with Crippen molar-refractivity contribution in [2.45, 2.75) is 122 Å². The first kappa shape index (κ1) is 35.5. The van der Waals surface area contributed by atoms with E-state index in [2.05, 4.69) is 10.3 Å². The summed E-state index contributed by atoms with van der Waals surface area (Å²) in [4.78, 5) is 31.2. The van der Waals surface area contributed by atoms with Crippen molar-refractivity contribution in [3.8, 4) is 11.5 Å². The Hall–Kier alpha value is -2.31. The van der Waals surface area contributed by atoms with E-state index < -0.39 is 12.2 Å². The number of nitrogens with one attached hydrogen (secondary N) is 1. The van der Waals surface area contributed by atoms with Crippen LogP contribution in [0.2, 0.25) is 0 Å². The molecule has 5 N–H and O–H groups in total. The summed E-state index contributed by atoms with van der Waals surface area (Å²) in [7, 11) is 3.48. The van der Waals surface area contributed by atoms with E-state index >= 15 is 0 Å². The first-order valence-corrected chi connectivity index (χ1v) is 19.2. The summed E-state index contributed by atoms with van der Waals surface area (Å²) < 4.78 is 11.9. The highest BCUT2D eigenvalue weighted by atomic mass is 33.1. The number of aliphatic imine (C=N–C) groups is 1. The molecule has 1 saturated carbocycles. The van der Waals surface area contributed by atoms with Crippen LogP contribution in [-0.2, 0) is 27.3 Å². The highest BCUT2D eigenvalue weighted by Gasteiger charge is 2.31. The van der Waals surface area contributed by atoms with Crippen LogP contribution in [0.4, 0.5) is 0 Å². The second-order valence-electron chi connectivity index (χ2n) is 12.7. The van der Waals surface area contributed by atoms with Crippen molar-refractivity contribution < 1.29 is 29.3 Å². The van der Waals surface area contributed by atoms with Crippen LogP contribution in [0.5, 0.6) is 11.5 Å². The molecule has 1 aromatic rings. The summed E-state index contributed by atoms with van der Waals surface area (Å²) in [5, 5.41) is 25.2. The van der Waals surface area contributed by atoms with Gasteiger partial charge in [0.1, 0.15) is 6.10 Å². The third kappa shape index (κ3) is 12.4. The van der Waals surface area contributed by atoms with Gasteiger partial charge >= 0.3 is 5.97 Å². The molecular weight excluding hydrogens is 613 g/mol. The highest BCUT2D eigenvalue weighted by molar-refractivity contribution is 8.76. The third-order valence-corrected chi connectivity index (χ3v) is 11.0. The number of hydrogen-bond acceptors (Lipinski definition) is 11. The number of aliphatic hydroxyl groups is 1. The number of esters is 1. The van der Waals surface area contributed by atoms with E-state index in [1.807, 2.05) is 17.0 Å². The lowest BCUT2D eigenvalue weighted by Gasteiger charge is -2.23. The van der Waals surface area contributed by atoms with Gasteiger partial charge in [0.15, 0.2) is 17.5 Å². The number of fused-ring (bicyclic) bond motifs is 4. The van der Waals surface area contributed by atoms with Crippen LogP contribution >= 0.6 is 21.6 Å². The second kappa shape index (κ2) is 18.7. The minimum absolute atomic E-state index is 0.0653. The van der Waals surface area contributed by atoms with Gasteiger partial charge in [0.25, 0.3) is 0 Å². The lowest BCUT2D eigenvalue weighted by Crippen LogP contribution is -2.33. The topological polar surface area (TPSA) is 147 Å². The zero-order valence-corrected chi connectivity index (χ0v) is 28.3. The summed E-state index contributed by atoms with van der Waals surface area (Å²) in [5.41, 5.74) is 7.66. The number of benzene rings is 1. The molecule has 1 saturated heterocycles. The van der Waals surface area contributed by atoms with Gasteiger partial charge in [-0.05, 0) is 75.3 Å². The molecule has 45 heavy (non-hydrogen) atoms. The molecule has 1 amide bonds. The average molecular weight is 665 g/mol. The van der Waals surface area contributed by atoms with E-state index in [4.69, 9.17) is 15.2 Å². The number of carbonyl (C=O) groups excluding carboxylic acids is 2. The molecule has 10 nitrogen and oxygen atoms in total. The summed E-state index contributed by atoms with van der Waals surface area (Å²) in [6.07, 6.45) is 10.9. The molecule has 2 aliphatic heterocycles. The summed E-state index contributed by atoms with van der Waals surface area (Å²) >= 11 is 0. The number of guanidine groups is 1. The van der Waals surface area contributed by atoms with E-state index in [1.165, 1.54) is 6.92 Å². The zero-order chi connectivity index (χ0) is 32.0. The van der Waals surface area contributed by atoms with Gasteiger partial charge in [0, 0.05) is 50.7 Å². The number of carbonyl (C=O) groups is 2. The number of ether oxygens (including phenoxy) is 2. The molecule has 12 heteroatoms. The molecule has 3 atom stereocenters. The maximum Gasteiger partial charge on any atom is 0.302 e. The highest BCUT2D eigenvalue weighted by Crippen LogP contribution is 2.37. The van der Waals surface area contributed by atoms with E-state index in [1.54, 1.807) is 21.6 Å². The smallest absolute Gasteiger partial charge is 0.302 e. The van der Waals surface area contributed by atoms with Crippen molar-refractivity contribution in [1.82, 2.24) is 10.2 Å². The monoisotopic (exact) mass is 664 g/mol. The SMILES string of the molecule is CC(=O)O[C@@H]1CCc2cc(c(O)c(OC3CCCC3)c2)CN2C[C@@H](CCNC(N)=NCSSCCCCCC[C@H](O)C1)CC2=O. The molecule has 2 heterocycles. The Morgan fingerprint density at radius 1 is 1.04 bits per heavy atom. The Labute approximate surface area is 276 Å². The largest absolute Gasteiger partial charge is 0.504 e. The predicted octanol–water partition coefficient (Wildman–Crippen LogP) is 5.27. The Bertz CT molecular complexity index is 1130. The summed E-state index contributed by atoms with van der Waals surface area (Å²) in [6, 6.07) is 3.83. The molecule has 1 aromatic carbocycles. The van der Waals surface area contributed by atoms with Crippen LogP contribution < -0.4 is 15.8 Å². The minimum atomic E-state index is -0.541. The number of phenols is 1. The third-order valence-electron chi connectivity index (χ3n) is 8.83. The van der Waals surface area contributed by atoms with Crippen molar-refractivity contribution in [2.24, 2.45) is 16.6 Å². The first-order valence-electron chi connectivity index (χ1n) is 16.7.